The van der Waals surface area contributed by atoms with Crippen LogP contribution in [0.25, 0.3) is 0 Å². The summed E-state index contributed by atoms with van der Waals surface area (Å²) in [6.07, 6.45) is 0. The van der Waals surface area contributed by atoms with Gasteiger partial charge in [0.25, 0.3) is 5.91 Å². The first kappa shape index (κ1) is 16.7. The summed E-state index contributed by atoms with van der Waals surface area (Å²) in [6.45, 7) is 6.89. The third-order valence-electron chi connectivity index (χ3n) is 2.91. The smallest absolute Gasteiger partial charge is 0.261 e. The van der Waals surface area contributed by atoms with E-state index in [2.05, 4.69) is 31.0 Å². The van der Waals surface area contributed by atoms with Crippen LogP contribution in [0, 0.1) is 24.7 Å². The summed E-state index contributed by atoms with van der Waals surface area (Å²) in [7, 11) is 1.64. The van der Waals surface area contributed by atoms with Crippen LogP contribution >= 0.6 is 11.3 Å². The highest BCUT2D eigenvalue weighted by Gasteiger charge is 2.18. The van der Waals surface area contributed by atoms with E-state index in [0.29, 0.717) is 23.9 Å². The molecule has 20 heavy (non-hydrogen) atoms. The van der Waals surface area contributed by atoms with Crippen LogP contribution in [0.1, 0.15) is 34.0 Å². The number of amides is 1. The van der Waals surface area contributed by atoms with Gasteiger partial charge in [0, 0.05) is 7.11 Å². The van der Waals surface area contributed by atoms with Gasteiger partial charge in [-0.05, 0) is 24.5 Å². The molecule has 0 aliphatic heterocycles. The molecule has 0 bridgehead atoms. The minimum absolute atomic E-state index is 0.00785. The molecule has 1 unspecified atom stereocenters. The molecule has 110 valence electrons. The lowest BCUT2D eigenvalue weighted by atomic mass is 10.1. The first-order valence-corrected chi connectivity index (χ1v) is 7.40. The van der Waals surface area contributed by atoms with Gasteiger partial charge in [-0.2, -0.15) is 0 Å². The molecule has 0 radical (unpaired) electrons. The Kier molecular flexibility index (Phi) is 6.73. The molecule has 1 aromatic heterocycles. The fraction of sp³-hybridized carbons (Fsp3) is 0.533. The second-order valence-corrected chi connectivity index (χ2v) is 5.96. The van der Waals surface area contributed by atoms with Gasteiger partial charge in [0.2, 0.25) is 0 Å². The van der Waals surface area contributed by atoms with Gasteiger partial charge in [0.1, 0.15) is 0 Å². The maximum Gasteiger partial charge on any atom is 0.261 e. The molecule has 0 saturated heterocycles. The van der Waals surface area contributed by atoms with Crippen molar-refractivity contribution in [3.63, 3.8) is 0 Å². The standard InChI is InChI=1S/C15H22N2O2S/c1-10(2)12(9-19-4)17-15(18)14-8-11(3)13(20-14)6-5-7-16/h8,10,12H,7,9,16H2,1-4H3,(H,17,18). The van der Waals surface area contributed by atoms with E-state index >= 15 is 0 Å². The lowest BCUT2D eigenvalue weighted by Gasteiger charge is -2.21. The maximum atomic E-state index is 12.2. The number of aryl methyl sites for hydroxylation is 1. The van der Waals surface area contributed by atoms with E-state index in [-0.39, 0.29) is 11.9 Å². The summed E-state index contributed by atoms with van der Waals surface area (Å²) in [5.41, 5.74) is 6.37. The fourth-order valence-electron chi connectivity index (χ4n) is 1.67. The van der Waals surface area contributed by atoms with Gasteiger partial charge in [-0.25, -0.2) is 0 Å². The van der Waals surface area contributed by atoms with Gasteiger partial charge in [-0.1, -0.05) is 25.7 Å². The molecule has 0 spiro atoms. The maximum absolute atomic E-state index is 12.2. The van der Waals surface area contributed by atoms with Crippen molar-refractivity contribution in [2.75, 3.05) is 20.3 Å². The number of carbonyl (C=O) groups is 1. The van der Waals surface area contributed by atoms with Crippen LogP contribution in [0.15, 0.2) is 6.07 Å². The highest BCUT2D eigenvalue weighted by molar-refractivity contribution is 7.14. The summed E-state index contributed by atoms with van der Waals surface area (Å²) in [5.74, 6) is 6.04. The topological polar surface area (TPSA) is 64.3 Å². The quantitative estimate of drug-likeness (QED) is 0.814. The van der Waals surface area contributed by atoms with Gasteiger partial charge in [-0.3, -0.25) is 4.79 Å². The van der Waals surface area contributed by atoms with Crippen molar-refractivity contribution in [3.05, 3.63) is 21.4 Å². The number of carbonyl (C=O) groups excluding carboxylic acids is 1. The predicted molar refractivity (Wildman–Crippen MR) is 83.0 cm³/mol. The first-order valence-electron chi connectivity index (χ1n) is 6.58. The largest absolute Gasteiger partial charge is 0.383 e. The molecule has 1 amide bonds. The zero-order chi connectivity index (χ0) is 15.1. The predicted octanol–water partition coefficient (Wildman–Crippen LogP) is 1.77. The first-order chi connectivity index (χ1) is 9.49. The van der Waals surface area contributed by atoms with Crippen LogP contribution in [0.3, 0.4) is 0 Å². The zero-order valence-corrected chi connectivity index (χ0v) is 13.3. The summed E-state index contributed by atoms with van der Waals surface area (Å²) in [4.78, 5) is 13.8. The molecular weight excluding hydrogens is 272 g/mol. The van der Waals surface area contributed by atoms with Crippen LogP contribution < -0.4 is 11.1 Å². The van der Waals surface area contributed by atoms with Crippen molar-refractivity contribution in [2.24, 2.45) is 11.7 Å². The van der Waals surface area contributed by atoms with Crippen LogP contribution in [0.2, 0.25) is 0 Å². The van der Waals surface area contributed by atoms with Gasteiger partial charge in [0.05, 0.1) is 28.9 Å². The lowest BCUT2D eigenvalue weighted by molar-refractivity contribution is 0.0870. The van der Waals surface area contributed by atoms with E-state index in [1.54, 1.807) is 7.11 Å². The normalized spacial score (nSPS) is 11.9. The Hall–Kier alpha value is -1.35. The monoisotopic (exact) mass is 294 g/mol. The minimum atomic E-state index is -0.0744. The molecule has 3 N–H and O–H groups in total. The Morgan fingerprint density at radius 2 is 2.25 bits per heavy atom. The van der Waals surface area contributed by atoms with Crippen molar-refractivity contribution in [1.82, 2.24) is 5.32 Å². The van der Waals surface area contributed by atoms with E-state index in [4.69, 9.17) is 10.5 Å². The van der Waals surface area contributed by atoms with Gasteiger partial charge in [-0.15, -0.1) is 11.3 Å². The SMILES string of the molecule is COCC(NC(=O)c1cc(C)c(C#CCN)s1)C(C)C. The molecule has 5 heteroatoms. The highest BCUT2D eigenvalue weighted by atomic mass is 32.1. The molecular formula is C15H22N2O2S. The van der Waals surface area contributed by atoms with E-state index in [1.165, 1.54) is 11.3 Å². The number of hydrogen-bond acceptors (Lipinski definition) is 4. The second kappa shape index (κ2) is 8.05. The molecule has 1 heterocycles. The van der Waals surface area contributed by atoms with Crippen LogP contribution in [0.4, 0.5) is 0 Å². The Labute approximate surface area is 124 Å². The van der Waals surface area contributed by atoms with E-state index in [9.17, 15) is 4.79 Å². The average Bonchev–Trinajstić information content (AvgIpc) is 2.77. The van der Waals surface area contributed by atoms with E-state index in [1.807, 2.05) is 13.0 Å². The molecule has 0 saturated carbocycles. The van der Waals surface area contributed by atoms with Crippen molar-refractivity contribution in [1.29, 1.82) is 0 Å². The van der Waals surface area contributed by atoms with Crippen molar-refractivity contribution in [2.45, 2.75) is 26.8 Å². The van der Waals surface area contributed by atoms with Crippen LogP contribution in [0.5, 0.6) is 0 Å². The summed E-state index contributed by atoms with van der Waals surface area (Å²) in [6, 6.07) is 1.87. The molecule has 1 rings (SSSR count). The molecule has 1 aromatic rings. The lowest BCUT2D eigenvalue weighted by Crippen LogP contribution is -2.41. The minimum Gasteiger partial charge on any atom is -0.383 e. The number of thiophene rings is 1. The number of rotatable bonds is 5. The van der Waals surface area contributed by atoms with Gasteiger partial charge in [0.15, 0.2) is 0 Å². The molecule has 0 fully saturated rings. The van der Waals surface area contributed by atoms with Crippen LogP contribution in [-0.4, -0.2) is 32.2 Å². The average molecular weight is 294 g/mol. The molecule has 0 aromatic carbocycles. The molecule has 1 atom stereocenters. The number of methoxy groups -OCH3 is 1. The van der Waals surface area contributed by atoms with Crippen molar-refractivity contribution >= 4 is 17.2 Å². The fourth-order valence-corrected chi connectivity index (χ4v) is 2.62. The summed E-state index contributed by atoms with van der Waals surface area (Å²) in [5, 5.41) is 3.00. The molecule has 0 aliphatic rings. The third kappa shape index (κ3) is 4.64. The Bertz CT molecular complexity index is 512. The van der Waals surface area contributed by atoms with E-state index in [0.717, 1.165) is 10.4 Å². The Morgan fingerprint density at radius 3 is 2.80 bits per heavy atom. The zero-order valence-electron chi connectivity index (χ0n) is 12.4. The number of ether oxygens (including phenoxy) is 1. The van der Waals surface area contributed by atoms with Gasteiger partial charge < -0.3 is 15.8 Å². The summed E-state index contributed by atoms with van der Waals surface area (Å²) >= 11 is 1.40. The van der Waals surface area contributed by atoms with Crippen LogP contribution in [-0.2, 0) is 4.74 Å². The number of hydrogen-bond donors (Lipinski definition) is 2. The highest BCUT2D eigenvalue weighted by Crippen LogP contribution is 2.21. The van der Waals surface area contributed by atoms with Crippen molar-refractivity contribution in [3.8, 4) is 11.8 Å². The van der Waals surface area contributed by atoms with Crippen molar-refractivity contribution < 1.29 is 9.53 Å². The Balaban J connectivity index is 2.82. The Morgan fingerprint density at radius 1 is 1.55 bits per heavy atom. The third-order valence-corrected chi connectivity index (χ3v) is 4.06. The van der Waals surface area contributed by atoms with E-state index < -0.39 is 0 Å². The summed E-state index contributed by atoms with van der Waals surface area (Å²) < 4.78 is 5.14. The second-order valence-electron chi connectivity index (χ2n) is 4.91. The molecule has 4 nitrogen and oxygen atoms in total. The molecule has 0 aliphatic carbocycles. The van der Waals surface area contributed by atoms with Gasteiger partial charge >= 0.3 is 0 Å². The number of nitrogens with one attached hydrogen (secondary N) is 1. The number of nitrogens with two attached hydrogens (primary N) is 1.